The van der Waals surface area contributed by atoms with Crippen molar-refractivity contribution < 1.29 is 4.52 Å². The van der Waals surface area contributed by atoms with Crippen molar-refractivity contribution in [3.63, 3.8) is 0 Å². The number of hydrogen-bond donors (Lipinski definition) is 1. The molecule has 0 amide bonds. The van der Waals surface area contributed by atoms with Crippen LogP contribution >= 0.6 is 15.9 Å². The first-order chi connectivity index (χ1) is 9.24. The third kappa shape index (κ3) is 2.72. The summed E-state index contributed by atoms with van der Waals surface area (Å²) in [6, 6.07) is 8.24. The fourth-order valence-electron chi connectivity index (χ4n) is 2.60. The summed E-state index contributed by atoms with van der Waals surface area (Å²) in [5.41, 5.74) is 7.22. The highest BCUT2D eigenvalue weighted by molar-refractivity contribution is 9.10. The van der Waals surface area contributed by atoms with Crippen molar-refractivity contribution in [2.75, 3.05) is 0 Å². The summed E-state index contributed by atoms with van der Waals surface area (Å²) < 4.78 is 6.44. The Morgan fingerprint density at radius 3 is 2.89 bits per heavy atom. The molecule has 100 valence electrons. The van der Waals surface area contributed by atoms with E-state index >= 15 is 0 Å². The number of halogens is 1. The summed E-state index contributed by atoms with van der Waals surface area (Å²) in [6.45, 7) is 0. The average Bonchev–Trinajstić information content (AvgIpc) is 3.01. The molecule has 4 nitrogen and oxygen atoms in total. The zero-order valence-electron chi connectivity index (χ0n) is 10.6. The summed E-state index contributed by atoms with van der Waals surface area (Å²) in [6.07, 6.45) is 3.92. The van der Waals surface area contributed by atoms with Crippen LogP contribution in [0.4, 0.5) is 0 Å². The maximum atomic E-state index is 6.06. The monoisotopic (exact) mass is 321 g/mol. The molecule has 0 bridgehead atoms. The molecule has 3 rings (SSSR count). The molecule has 0 spiro atoms. The Morgan fingerprint density at radius 1 is 1.32 bits per heavy atom. The standard InChI is InChI=1S/C14H16BrN3O/c15-11-6-2-1-4-9(11)8-13-17-14(19-18-13)10-5-3-7-12(10)16/h1-2,4,6,10,12H,3,5,7-8,16H2. The Kier molecular flexibility index (Phi) is 3.66. The van der Waals surface area contributed by atoms with Crippen molar-refractivity contribution >= 4 is 15.9 Å². The minimum absolute atomic E-state index is 0.164. The minimum atomic E-state index is 0.164. The van der Waals surface area contributed by atoms with Crippen LogP contribution in [0.5, 0.6) is 0 Å². The number of aromatic nitrogens is 2. The fraction of sp³-hybridized carbons (Fsp3) is 0.429. The van der Waals surface area contributed by atoms with Crippen molar-refractivity contribution in [1.29, 1.82) is 0 Å². The summed E-state index contributed by atoms with van der Waals surface area (Å²) in [7, 11) is 0. The van der Waals surface area contributed by atoms with Gasteiger partial charge in [-0.3, -0.25) is 0 Å². The zero-order chi connectivity index (χ0) is 13.2. The summed E-state index contributed by atoms with van der Waals surface area (Å²) in [5, 5.41) is 4.07. The van der Waals surface area contributed by atoms with Gasteiger partial charge >= 0.3 is 0 Å². The Labute approximate surface area is 120 Å². The van der Waals surface area contributed by atoms with Gasteiger partial charge in [0.25, 0.3) is 0 Å². The van der Waals surface area contributed by atoms with Crippen LogP contribution in [0, 0.1) is 0 Å². The highest BCUT2D eigenvalue weighted by Gasteiger charge is 2.30. The largest absolute Gasteiger partial charge is 0.339 e. The zero-order valence-corrected chi connectivity index (χ0v) is 12.1. The number of nitrogens with zero attached hydrogens (tertiary/aromatic N) is 2. The maximum Gasteiger partial charge on any atom is 0.231 e. The molecule has 2 N–H and O–H groups in total. The maximum absolute atomic E-state index is 6.06. The first kappa shape index (κ1) is 12.8. The van der Waals surface area contributed by atoms with Crippen molar-refractivity contribution in [1.82, 2.24) is 10.1 Å². The molecule has 1 aromatic carbocycles. The Bertz CT molecular complexity index is 569. The van der Waals surface area contributed by atoms with Crippen molar-refractivity contribution in [2.24, 2.45) is 5.73 Å². The Hall–Kier alpha value is -1.20. The molecule has 0 aliphatic heterocycles. The van der Waals surface area contributed by atoms with Crippen LogP contribution in [-0.2, 0) is 6.42 Å². The predicted molar refractivity (Wildman–Crippen MR) is 75.8 cm³/mol. The summed E-state index contributed by atoms with van der Waals surface area (Å²) >= 11 is 3.53. The molecular weight excluding hydrogens is 306 g/mol. The van der Waals surface area contributed by atoms with E-state index in [1.165, 1.54) is 0 Å². The van der Waals surface area contributed by atoms with Crippen LogP contribution in [0.15, 0.2) is 33.3 Å². The van der Waals surface area contributed by atoms with E-state index < -0.39 is 0 Å². The molecule has 1 fully saturated rings. The van der Waals surface area contributed by atoms with Crippen LogP contribution < -0.4 is 5.73 Å². The van der Waals surface area contributed by atoms with Gasteiger partial charge in [0.15, 0.2) is 5.82 Å². The number of nitrogens with two attached hydrogens (primary N) is 1. The van der Waals surface area contributed by atoms with Gasteiger partial charge in [-0.1, -0.05) is 45.7 Å². The van der Waals surface area contributed by atoms with Gasteiger partial charge in [0.2, 0.25) is 5.89 Å². The molecule has 1 saturated carbocycles. The first-order valence-electron chi connectivity index (χ1n) is 6.55. The van der Waals surface area contributed by atoms with E-state index in [0.29, 0.717) is 12.3 Å². The van der Waals surface area contributed by atoms with Crippen LogP contribution in [-0.4, -0.2) is 16.2 Å². The first-order valence-corrected chi connectivity index (χ1v) is 7.35. The molecule has 1 aromatic heterocycles. The van der Waals surface area contributed by atoms with E-state index in [2.05, 4.69) is 32.1 Å². The quantitative estimate of drug-likeness (QED) is 0.943. The smallest absolute Gasteiger partial charge is 0.231 e. The van der Waals surface area contributed by atoms with Crippen molar-refractivity contribution in [2.45, 2.75) is 37.6 Å². The molecule has 5 heteroatoms. The van der Waals surface area contributed by atoms with Crippen molar-refractivity contribution in [3.05, 3.63) is 46.0 Å². The third-order valence-corrected chi connectivity index (χ3v) is 4.45. The van der Waals surface area contributed by atoms with E-state index in [9.17, 15) is 0 Å². The van der Waals surface area contributed by atoms with E-state index in [0.717, 1.165) is 35.1 Å². The lowest BCUT2D eigenvalue weighted by molar-refractivity contribution is 0.342. The molecule has 0 saturated heterocycles. The van der Waals surface area contributed by atoms with Gasteiger partial charge in [0.1, 0.15) is 0 Å². The highest BCUT2D eigenvalue weighted by atomic mass is 79.9. The van der Waals surface area contributed by atoms with Crippen LogP contribution in [0.1, 0.15) is 42.5 Å². The highest BCUT2D eigenvalue weighted by Crippen LogP contribution is 2.32. The molecule has 2 aromatic rings. The fourth-order valence-corrected chi connectivity index (χ4v) is 3.02. The normalized spacial score (nSPS) is 22.8. The summed E-state index contributed by atoms with van der Waals surface area (Å²) in [5.74, 6) is 1.66. The molecule has 1 aliphatic carbocycles. The average molecular weight is 322 g/mol. The lowest BCUT2D eigenvalue weighted by Crippen LogP contribution is -2.22. The molecule has 2 atom stereocenters. The van der Waals surface area contributed by atoms with Crippen LogP contribution in [0.3, 0.4) is 0 Å². The van der Waals surface area contributed by atoms with Crippen LogP contribution in [0.2, 0.25) is 0 Å². The van der Waals surface area contributed by atoms with Gasteiger partial charge in [0.05, 0.1) is 5.92 Å². The van der Waals surface area contributed by atoms with Gasteiger partial charge in [-0.05, 0) is 24.5 Å². The molecule has 0 radical (unpaired) electrons. The topological polar surface area (TPSA) is 64.9 Å². The number of rotatable bonds is 3. The van der Waals surface area contributed by atoms with E-state index in [-0.39, 0.29) is 12.0 Å². The number of hydrogen-bond acceptors (Lipinski definition) is 4. The van der Waals surface area contributed by atoms with Gasteiger partial charge < -0.3 is 10.3 Å². The van der Waals surface area contributed by atoms with Crippen molar-refractivity contribution in [3.8, 4) is 0 Å². The Balaban J connectivity index is 1.77. The lowest BCUT2D eigenvalue weighted by Gasteiger charge is -2.08. The third-order valence-electron chi connectivity index (χ3n) is 3.68. The predicted octanol–water partition coefficient (Wildman–Crippen LogP) is 3.02. The molecule has 1 heterocycles. The van der Waals surface area contributed by atoms with E-state index in [4.69, 9.17) is 10.3 Å². The lowest BCUT2D eigenvalue weighted by atomic mass is 10.1. The van der Waals surface area contributed by atoms with E-state index in [1.807, 2.05) is 18.2 Å². The second-order valence-corrected chi connectivity index (χ2v) is 5.87. The van der Waals surface area contributed by atoms with Gasteiger partial charge in [0, 0.05) is 16.9 Å². The molecule has 2 unspecified atom stereocenters. The van der Waals surface area contributed by atoms with Gasteiger partial charge in [-0.15, -0.1) is 0 Å². The van der Waals surface area contributed by atoms with Crippen LogP contribution in [0.25, 0.3) is 0 Å². The van der Waals surface area contributed by atoms with Gasteiger partial charge in [-0.25, -0.2) is 0 Å². The molecule has 19 heavy (non-hydrogen) atoms. The number of benzene rings is 1. The SMILES string of the molecule is NC1CCCC1c1nc(Cc2ccccc2Br)no1. The second kappa shape index (κ2) is 5.43. The minimum Gasteiger partial charge on any atom is -0.339 e. The molecule has 1 aliphatic rings. The Morgan fingerprint density at radius 2 is 2.16 bits per heavy atom. The summed E-state index contributed by atoms with van der Waals surface area (Å²) in [4.78, 5) is 4.50. The molecular formula is C14H16BrN3O. The second-order valence-electron chi connectivity index (χ2n) is 5.02. The van der Waals surface area contributed by atoms with E-state index in [1.54, 1.807) is 0 Å². The van der Waals surface area contributed by atoms with Gasteiger partial charge in [-0.2, -0.15) is 4.98 Å².